The van der Waals surface area contributed by atoms with E-state index < -0.39 is 5.92 Å². The van der Waals surface area contributed by atoms with E-state index in [1.54, 1.807) is 0 Å². The first-order valence-corrected chi connectivity index (χ1v) is 7.88. The number of carbonyl (C=O) groups excluding carboxylic acids is 2. The van der Waals surface area contributed by atoms with E-state index in [4.69, 9.17) is 4.74 Å². The van der Waals surface area contributed by atoms with E-state index >= 15 is 0 Å². The second kappa shape index (κ2) is 7.25. The van der Waals surface area contributed by atoms with Crippen LogP contribution in [0, 0.1) is 11.7 Å². The molecule has 1 fully saturated rings. The maximum absolute atomic E-state index is 13.0. The number of amides is 2. The molecule has 0 saturated carbocycles. The van der Waals surface area contributed by atoms with E-state index in [1.807, 2.05) is 6.92 Å². The van der Waals surface area contributed by atoms with Crippen molar-refractivity contribution in [1.82, 2.24) is 9.97 Å². The lowest BCUT2D eigenvalue weighted by Crippen LogP contribution is -2.28. The van der Waals surface area contributed by atoms with Crippen LogP contribution in [0.15, 0.2) is 36.7 Å². The van der Waals surface area contributed by atoms with Gasteiger partial charge in [-0.1, -0.05) is 0 Å². The van der Waals surface area contributed by atoms with Gasteiger partial charge in [-0.05, 0) is 31.2 Å². The van der Waals surface area contributed by atoms with Crippen LogP contribution in [0.1, 0.15) is 13.3 Å². The number of carbonyl (C=O) groups is 2. The molecule has 1 aromatic carbocycles. The Bertz CT molecular complexity index is 764. The van der Waals surface area contributed by atoms with Gasteiger partial charge in [0.1, 0.15) is 5.82 Å². The number of hydrogen-bond donors (Lipinski definition) is 1. The molecule has 1 saturated heterocycles. The Kier molecular flexibility index (Phi) is 4.87. The molecule has 25 heavy (non-hydrogen) atoms. The molecule has 1 N–H and O–H groups in total. The van der Waals surface area contributed by atoms with Crippen molar-refractivity contribution in [1.29, 1.82) is 0 Å². The average Bonchev–Trinajstić information content (AvgIpc) is 3.00. The zero-order chi connectivity index (χ0) is 17.8. The summed E-state index contributed by atoms with van der Waals surface area (Å²) in [4.78, 5) is 33.9. The predicted octanol–water partition coefficient (Wildman–Crippen LogP) is 2.01. The van der Waals surface area contributed by atoms with Gasteiger partial charge < -0.3 is 15.0 Å². The van der Waals surface area contributed by atoms with Crippen LogP contribution in [0.2, 0.25) is 0 Å². The maximum Gasteiger partial charge on any atom is 0.316 e. The van der Waals surface area contributed by atoms with Crippen LogP contribution in [0.3, 0.4) is 0 Å². The Hall–Kier alpha value is -3.03. The van der Waals surface area contributed by atoms with E-state index in [2.05, 4.69) is 15.3 Å². The highest BCUT2D eigenvalue weighted by atomic mass is 19.1. The number of nitrogens with zero attached hydrogens (tertiary/aromatic N) is 3. The molecule has 1 atom stereocenters. The normalized spacial score (nSPS) is 16.8. The lowest BCUT2D eigenvalue weighted by Gasteiger charge is -2.16. The smallest absolute Gasteiger partial charge is 0.316 e. The fourth-order valence-electron chi connectivity index (χ4n) is 2.58. The monoisotopic (exact) mass is 344 g/mol. The predicted molar refractivity (Wildman–Crippen MR) is 88.7 cm³/mol. The molecule has 0 spiro atoms. The Morgan fingerprint density at radius 2 is 2.00 bits per heavy atom. The highest BCUT2D eigenvalue weighted by Crippen LogP contribution is 2.26. The largest absolute Gasteiger partial charge is 0.464 e. The molecule has 2 amide bonds. The van der Waals surface area contributed by atoms with E-state index in [0.717, 1.165) is 0 Å². The number of anilines is 2. The molecule has 0 radical (unpaired) electrons. The van der Waals surface area contributed by atoms with Crippen molar-refractivity contribution in [2.24, 2.45) is 5.92 Å². The zero-order valence-electron chi connectivity index (χ0n) is 13.6. The molecule has 1 aliphatic heterocycles. The summed E-state index contributed by atoms with van der Waals surface area (Å²) in [6.45, 7) is 2.52. The van der Waals surface area contributed by atoms with Crippen molar-refractivity contribution in [2.75, 3.05) is 23.4 Å². The summed E-state index contributed by atoms with van der Waals surface area (Å²) in [5, 5.41) is 2.70. The first-order valence-electron chi connectivity index (χ1n) is 7.88. The third kappa shape index (κ3) is 3.90. The zero-order valence-corrected chi connectivity index (χ0v) is 13.6. The molecule has 0 bridgehead atoms. The first-order chi connectivity index (χ1) is 12.1. The SMILES string of the molecule is CCOc1ncc(NC(=O)C2CC(=O)N(c3ccc(F)cc3)C2)cn1. The van der Waals surface area contributed by atoms with Crippen LogP contribution in [-0.2, 0) is 9.59 Å². The number of rotatable bonds is 5. The van der Waals surface area contributed by atoms with Crippen LogP contribution in [0.5, 0.6) is 6.01 Å². The Labute approximate surface area is 143 Å². The molecule has 2 aromatic rings. The van der Waals surface area contributed by atoms with E-state index in [1.165, 1.54) is 41.6 Å². The molecule has 130 valence electrons. The van der Waals surface area contributed by atoms with Gasteiger partial charge >= 0.3 is 6.01 Å². The van der Waals surface area contributed by atoms with Crippen LogP contribution in [0.25, 0.3) is 0 Å². The average molecular weight is 344 g/mol. The van der Waals surface area contributed by atoms with Crippen molar-refractivity contribution < 1.29 is 18.7 Å². The Morgan fingerprint density at radius 3 is 2.64 bits per heavy atom. The highest BCUT2D eigenvalue weighted by molar-refractivity contribution is 6.03. The van der Waals surface area contributed by atoms with Crippen molar-refractivity contribution in [2.45, 2.75) is 13.3 Å². The van der Waals surface area contributed by atoms with Gasteiger partial charge in [-0.25, -0.2) is 14.4 Å². The van der Waals surface area contributed by atoms with Crippen LogP contribution in [0.4, 0.5) is 15.8 Å². The fourth-order valence-corrected chi connectivity index (χ4v) is 2.58. The van der Waals surface area contributed by atoms with Crippen molar-refractivity contribution in [3.05, 3.63) is 42.5 Å². The molecule has 1 unspecified atom stereocenters. The quantitative estimate of drug-likeness (QED) is 0.897. The van der Waals surface area contributed by atoms with Gasteiger partial charge in [-0.15, -0.1) is 0 Å². The minimum absolute atomic E-state index is 0.0983. The summed E-state index contributed by atoms with van der Waals surface area (Å²) >= 11 is 0. The lowest BCUT2D eigenvalue weighted by atomic mass is 10.1. The number of hydrogen-bond acceptors (Lipinski definition) is 5. The molecular weight excluding hydrogens is 327 g/mol. The minimum atomic E-state index is -0.496. The third-order valence-corrected chi connectivity index (χ3v) is 3.80. The van der Waals surface area contributed by atoms with Crippen LogP contribution >= 0.6 is 0 Å². The molecule has 0 aliphatic carbocycles. The number of benzene rings is 1. The summed E-state index contributed by atoms with van der Waals surface area (Å²) in [7, 11) is 0. The van der Waals surface area contributed by atoms with E-state index in [9.17, 15) is 14.0 Å². The molecular formula is C17H17FN4O3. The molecule has 1 aromatic heterocycles. The summed E-state index contributed by atoms with van der Waals surface area (Å²) in [5.41, 5.74) is 1.01. The topological polar surface area (TPSA) is 84.4 Å². The summed E-state index contributed by atoms with van der Waals surface area (Å²) in [5.74, 6) is -1.33. The Balaban J connectivity index is 1.63. The van der Waals surface area contributed by atoms with Gasteiger partial charge in [-0.3, -0.25) is 9.59 Å². The van der Waals surface area contributed by atoms with Crippen molar-refractivity contribution in [3.63, 3.8) is 0 Å². The van der Waals surface area contributed by atoms with Crippen molar-refractivity contribution >= 4 is 23.2 Å². The maximum atomic E-state index is 13.0. The van der Waals surface area contributed by atoms with Gasteiger partial charge in [0.15, 0.2) is 0 Å². The van der Waals surface area contributed by atoms with Crippen molar-refractivity contribution in [3.8, 4) is 6.01 Å². The second-order valence-corrected chi connectivity index (χ2v) is 5.56. The molecule has 1 aliphatic rings. The molecule has 2 heterocycles. The number of nitrogens with one attached hydrogen (secondary N) is 1. The van der Waals surface area contributed by atoms with Gasteiger partial charge in [0, 0.05) is 18.7 Å². The molecule has 3 rings (SSSR count). The minimum Gasteiger partial charge on any atom is -0.464 e. The third-order valence-electron chi connectivity index (χ3n) is 3.80. The van der Waals surface area contributed by atoms with Gasteiger partial charge in [0.2, 0.25) is 11.8 Å². The first kappa shape index (κ1) is 16.8. The molecule has 7 nitrogen and oxygen atoms in total. The number of aromatic nitrogens is 2. The van der Waals surface area contributed by atoms with E-state index in [-0.39, 0.29) is 36.6 Å². The number of halogens is 1. The summed E-state index contributed by atoms with van der Waals surface area (Å²) < 4.78 is 18.1. The summed E-state index contributed by atoms with van der Waals surface area (Å²) in [6.07, 6.45) is 3.00. The number of ether oxygens (including phenoxy) is 1. The fraction of sp³-hybridized carbons (Fsp3) is 0.294. The standard InChI is InChI=1S/C17H17FN4O3/c1-2-25-17-19-8-13(9-20-17)21-16(24)11-7-15(23)22(10-11)14-5-3-12(18)4-6-14/h3-6,8-9,11H,2,7,10H2,1H3,(H,21,24). The van der Waals surface area contributed by atoms with Gasteiger partial charge in [0.25, 0.3) is 0 Å². The summed E-state index contributed by atoms with van der Waals surface area (Å²) in [6, 6.07) is 5.85. The molecule has 8 heteroatoms. The lowest BCUT2D eigenvalue weighted by molar-refractivity contribution is -0.122. The highest BCUT2D eigenvalue weighted by Gasteiger charge is 2.35. The van der Waals surface area contributed by atoms with Crippen LogP contribution < -0.4 is 15.0 Å². The second-order valence-electron chi connectivity index (χ2n) is 5.56. The van der Waals surface area contributed by atoms with Gasteiger partial charge in [0.05, 0.1) is 30.6 Å². The van der Waals surface area contributed by atoms with Gasteiger partial charge in [-0.2, -0.15) is 0 Å². The Morgan fingerprint density at radius 1 is 1.32 bits per heavy atom. The van der Waals surface area contributed by atoms with E-state index in [0.29, 0.717) is 18.0 Å². The van der Waals surface area contributed by atoms with Crippen LogP contribution in [-0.4, -0.2) is 34.9 Å².